The molecule has 0 radical (unpaired) electrons. The van der Waals surface area contributed by atoms with Gasteiger partial charge < -0.3 is 29.3 Å². The number of phosphoric ester groups is 2. The second kappa shape index (κ2) is 42.4. The number of carbonyl (C=O) groups excluding carboxylic acids is 3. The zero-order valence-electron chi connectivity index (χ0n) is 38.3. The standard InChI is InChI=1S/C48H78O14P2/c1-3-5-7-8-9-10-11-12-13-14-15-16-17-18-21-25-28-31-35-39-48(52)62-46(43-61-64(56,57)60-41-45(50)40-59-63(53,54)55)42-58-47(51)38-34-30-27-24-22-19-20-23-26-29-33-37-44(49)36-32-6-4-2/h9-10,12-13,15-16,18-21,24,26-27,29,33,37,45-46,50H,3-8,11,14,17,22-23,25,28,30-32,34-36,38-43H2,1-2H3,(H,56,57)(H2,53,54,55)/b10-9-,13-12-,16-15-,20-19-,21-18-,27-24-,29-26-,37-33+/t45-,46+/m0/s1. The van der Waals surface area contributed by atoms with Crippen molar-refractivity contribution < 1.29 is 66.3 Å². The number of allylic oxidation sites excluding steroid dienone is 16. The van der Waals surface area contributed by atoms with Gasteiger partial charge in [0.25, 0.3) is 0 Å². The number of unbranched alkanes of at least 4 members (excludes halogenated alkanes) is 9. The van der Waals surface area contributed by atoms with Gasteiger partial charge >= 0.3 is 27.6 Å². The van der Waals surface area contributed by atoms with Crippen LogP contribution in [0.4, 0.5) is 0 Å². The van der Waals surface area contributed by atoms with Gasteiger partial charge in [0.15, 0.2) is 11.9 Å². The highest BCUT2D eigenvalue weighted by atomic mass is 31.2. The Bertz CT molecular complexity index is 1560. The van der Waals surface area contributed by atoms with Crippen molar-refractivity contribution in [1.29, 1.82) is 0 Å². The summed E-state index contributed by atoms with van der Waals surface area (Å²) in [6.07, 6.45) is 46.7. The molecule has 0 amide bonds. The van der Waals surface area contributed by atoms with Crippen molar-refractivity contribution in [2.75, 3.05) is 26.4 Å². The van der Waals surface area contributed by atoms with Crippen LogP contribution >= 0.6 is 15.6 Å². The Morgan fingerprint density at radius 3 is 1.55 bits per heavy atom. The first kappa shape index (κ1) is 60.7. The molecular formula is C48H78O14P2. The number of phosphoric acid groups is 2. The second-order valence-electron chi connectivity index (χ2n) is 15.0. The van der Waals surface area contributed by atoms with Crippen molar-refractivity contribution in [3.63, 3.8) is 0 Å². The van der Waals surface area contributed by atoms with Crippen LogP contribution in [0.25, 0.3) is 0 Å². The summed E-state index contributed by atoms with van der Waals surface area (Å²) >= 11 is 0. The quantitative estimate of drug-likeness (QED) is 0.0112. The van der Waals surface area contributed by atoms with E-state index in [9.17, 15) is 33.5 Å². The third-order valence-corrected chi connectivity index (χ3v) is 10.3. The minimum Gasteiger partial charge on any atom is -0.462 e. The number of aliphatic hydroxyl groups excluding tert-OH is 1. The summed E-state index contributed by atoms with van der Waals surface area (Å²) in [5.74, 6) is -1.03. The van der Waals surface area contributed by atoms with E-state index in [1.807, 2.05) is 36.5 Å². The molecule has 0 aromatic heterocycles. The van der Waals surface area contributed by atoms with Crippen LogP contribution in [-0.4, -0.2) is 76.1 Å². The Morgan fingerprint density at radius 2 is 0.969 bits per heavy atom. The third-order valence-electron chi connectivity index (χ3n) is 8.91. The van der Waals surface area contributed by atoms with Crippen LogP contribution in [-0.2, 0) is 46.6 Å². The molecule has 0 aliphatic rings. The third kappa shape index (κ3) is 45.3. The number of ether oxygens (including phenoxy) is 2. The maximum atomic E-state index is 12.7. The fourth-order valence-electron chi connectivity index (χ4n) is 5.39. The van der Waals surface area contributed by atoms with Crippen LogP contribution in [0, 0.1) is 0 Å². The summed E-state index contributed by atoms with van der Waals surface area (Å²) in [4.78, 5) is 64.5. The molecule has 64 heavy (non-hydrogen) atoms. The topological polar surface area (TPSA) is 212 Å². The van der Waals surface area contributed by atoms with E-state index in [-0.39, 0.29) is 18.6 Å². The van der Waals surface area contributed by atoms with E-state index in [4.69, 9.17) is 23.8 Å². The first-order chi connectivity index (χ1) is 30.8. The minimum absolute atomic E-state index is 0.0646. The summed E-state index contributed by atoms with van der Waals surface area (Å²) in [6, 6.07) is 0. The lowest BCUT2D eigenvalue weighted by molar-refractivity contribution is -0.161. The molecule has 0 aromatic carbocycles. The van der Waals surface area contributed by atoms with E-state index in [1.165, 1.54) is 19.3 Å². The molecule has 3 atom stereocenters. The molecule has 14 nitrogen and oxygen atoms in total. The molecule has 0 saturated heterocycles. The molecule has 0 aliphatic carbocycles. The lowest BCUT2D eigenvalue weighted by atomic mass is 10.1. The summed E-state index contributed by atoms with van der Waals surface area (Å²) < 4.78 is 47.7. The molecule has 1 unspecified atom stereocenters. The SMILES string of the molecule is CCCCC/C=C\C/C=C\C/C=C\C/C=C\CCCCCC(=O)O[C@H](COC(=O)CCC/C=C\C/C=C\C/C=C\C=C\C(=O)CCCCC)COP(=O)(O)OC[C@@H](O)COP(=O)(O)O. The van der Waals surface area contributed by atoms with E-state index in [2.05, 4.69) is 71.5 Å². The zero-order valence-corrected chi connectivity index (χ0v) is 40.1. The van der Waals surface area contributed by atoms with Crippen LogP contribution in [0.5, 0.6) is 0 Å². The molecule has 16 heteroatoms. The Hall–Kier alpha value is -3.29. The summed E-state index contributed by atoms with van der Waals surface area (Å²) in [6.45, 7) is 1.44. The number of carbonyl (C=O) groups is 3. The van der Waals surface area contributed by atoms with Gasteiger partial charge in [-0.05, 0) is 89.5 Å². The van der Waals surface area contributed by atoms with Crippen molar-refractivity contribution in [2.45, 2.75) is 161 Å². The Labute approximate surface area is 383 Å². The Morgan fingerprint density at radius 1 is 0.500 bits per heavy atom. The molecule has 4 N–H and O–H groups in total. The highest BCUT2D eigenvalue weighted by Gasteiger charge is 2.28. The van der Waals surface area contributed by atoms with Crippen LogP contribution in [0.3, 0.4) is 0 Å². The van der Waals surface area contributed by atoms with Crippen molar-refractivity contribution in [3.8, 4) is 0 Å². The van der Waals surface area contributed by atoms with Gasteiger partial charge in [0.1, 0.15) is 12.7 Å². The maximum Gasteiger partial charge on any atom is 0.472 e. The maximum absolute atomic E-state index is 12.7. The molecule has 364 valence electrons. The molecule has 0 saturated carbocycles. The van der Waals surface area contributed by atoms with Crippen molar-refractivity contribution in [2.24, 2.45) is 0 Å². The van der Waals surface area contributed by atoms with Gasteiger partial charge in [0.05, 0.1) is 19.8 Å². The number of hydrogen-bond donors (Lipinski definition) is 4. The van der Waals surface area contributed by atoms with Gasteiger partial charge in [-0.3, -0.25) is 28.0 Å². The van der Waals surface area contributed by atoms with E-state index >= 15 is 0 Å². The predicted molar refractivity (Wildman–Crippen MR) is 253 cm³/mol. The summed E-state index contributed by atoms with van der Waals surface area (Å²) in [7, 11) is -9.74. The largest absolute Gasteiger partial charge is 0.472 e. The highest BCUT2D eigenvalue weighted by Crippen LogP contribution is 2.43. The molecule has 0 fully saturated rings. The van der Waals surface area contributed by atoms with Crippen molar-refractivity contribution >= 4 is 33.4 Å². The van der Waals surface area contributed by atoms with E-state index in [1.54, 1.807) is 12.2 Å². The molecule has 0 rings (SSSR count). The first-order valence-electron chi connectivity index (χ1n) is 22.9. The average Bonchev–Trinajstić information content (AvgIpc) is 3.25. The van der Waals surface area contributed by atoms with Gasteiger partial charge in [0.2, 0.25) is 0 Å². The lowest BCUT2D eigenvalue weighted by Gasteiger charge is -2.20. The number of esters is 2. The predicted octanol–water partition coefficient (Wildman–Crippen LogP) is 11.3. The zero-order chi connectivity index (χ0) is 47.4. The summed E-state index contributed by atoms with van der Waals surface area (Å²) in [5, 5.41) is 9.75. The number of hydrogen-bond acceptors (Lipinski definition) is 11. The number of rotatable bonds is 42. The van der Waals surface area contributed by atoms with Crippen molar-refractivity contribution in [1.82, 2.24) is 0 Å². The van der Waals surface area contributed by atoms with Crippen LogP contribution in [0.15, 0.2) is 97.2 Å². The molecule has 0 aliphatic heterocycles. The van der Waals surface area contributed by atoms with Crippen LogP contribution < -0.4 is 0 Å². The fraction of sp³-hybridized carbons (Fsp3) is 0.604. The number of ketones is 1. The molecule has 0 spiro atoms. The summed E-state index contributed by atoms with van der Waals surface area (Å²) in [5.41, 5.74) is 0. The van der Waals surface area contributed by atoms with Crippen molar-refractivity contribution in [3.05, 3.63) is 97.2 Å². The van der Waals surface area contributed by atoms with Gasteiger partial charge in [-0.15, -0.1) is 0 Å². The van der Waals surface area contributed by atoms with Gasteiger partial charge in [0, 0.05) is 19.3 Å². The smallest absolute Gasteiger partial charge is 0.462 e. The van der Waals surface area contributed by atoms with E-state index < -0.39 is 66.2 Å². The second-order valence-corrected chi connectivity index (χ2v) is 17.7. The van der Waals surface area contributed by atoms with Gasteiger partial charge in [-0.25, -0.2) is 9.13 Å². The molecule has 0 aromatic rings. The minimum atomic E-state index is -4.89. The first-order valence-corrected chi connectivity index (χ1v) is 25.9. The molecule has 0 bridgehead atoms. The fourth-order valence-corrected chi connectivity index (χ4v) is 6.55. The number of aliphatic hydroxyl groups is 1. The van der Waals surface area contributed by atoms with Gasteiger partial charge in [-0.2, -0.15) is 0 Å². The molecular weight excluding hydrogens is 862 g/mol. The van der Waals surface area contributed by atoms with E-state index in [0.29, 0.717) is 25.7 Å². The highest BCUT2D eigenvalue weighted by molar-refractivity contribution is 7.47. The van der Waals surface area contributed by atoms with E-state index in [0.717, 1.165) is 77.0 Å². The monoisotopic (exact) mass is 940 g/mol. The lowest BCUT2D eigenvalue weighted by Crippen LogP contribution is -2.30. The van der Waals surface area contributed by atoms with Crippen LogP contribution in [0.1, 0.15) is 149 Å². The Kier molecular flexibility index (Phi) is 40.2. The van der Waals surface area contributed by atoms with Crippen LogP contribution in [0.2, 0.25) is 0 Å². The molecule has 0 heterocycles. The van der Waals surface area contributed by atoms with Gasteiger partial charge in [-0.1, -0.05) is 137 Å². The normalized spacial score (nSPS) is 14.7. The average molecular weight is 941 g/mol. The Balaban J connectivity index is 4.70.